The van der Waals surface area contributed by atoms with E-state index in [0.717, 1.165) is 31.2 Å². The molecule has 31 heavy (non-hydrogen) atoms. The lowest BCUT2D eigenvalue weighted by Gasteiger charge is -2.29. The van der Waals surface area contributed by atoms with Crippen molar-refractivity contribution in [3.05, 3.63) is 57.7 Å². The minimum Gasteiger partial charge on any atom is -0.339 e. The second kappa shape index (κ2) is 8.28. The van der Waals surface area contributed by atoms with Gasteiger partial charge in [0.1, 0.15) is 5.82 Å². The average molecular weight is 462 g/mol. The van der Waals surface area contributed by atoms with Crippen molar-refractivity contribution in [2.45, 2.75) is 50.7 Å². The number of aromatic nitrogens is 3. The summed E-state index contributed by atoms with van der Waals surface area (Å²) in [6, 6.07) is 8.69. The third-order valence-corrected chi connectivity index (χ3v) is 6.79. The number of pyridine rings is 1. The van der Waals surface area contributed by atoms with Crippen molar-refractivity contribution in [1.82, 2.24) is 24.8 Å². The number of nitrogens with one attached hydrogen (secondary N) is 1. The topological polar surface area (TPSA) is 65.1 Å². The van der Waals surface area contributed by atoms with Gasteiger partial charge in [0, 0.05) is 22.6 Å². The van der Waals surface area contributed by atoms with E-state index < -0.39 is 5.95 Å². The van der Waals surface area contributed by atoms with Crippen LogP contribution in [0.5, 0.6) is 0 Å². The number of halogens is 3. The molecule has 2 fully saturated rings. The maximum absolute atomic E-state index is 13.4. The maximum atomic E-state index is 13.4. The summed E-state index contributed by atoms with van der Waals surface area (Å²) in [5.74, 6) is 0.0214. The molecule has 1 saturated heterocycles. The number of carbonyl (C=O) groups excluding carboxylic acids is 1. The van der Waals surface area contributed by atoms with Gasteiger partial charge in [-0.25, -0.2) is 9.78 Å². The SMILES string of the molecule is O=C1N(Cc2nc3nc(F)ccc3[nH]2)CC(Cc2ccc(Cl)cc2Cl)N1C1CCCC1. The van der Waals surface area contributed by atoms with Crippen molar-refractivity contribution < 1.29 is 9.18 Å². The van der Waals surface area contributed by atoms with Gasteiger partial charge in [0.2, 0.25) is 5.95 Å². The van der Waals surface area contributed by atoms with Crippen molar-refractivity contribution in [1.29, 1.82) is 0 Å². The Bertz CT molecular complexity index is 1130. The predicted molar refractivity (Wildman–Crippen MR) is 118 cm³/mol. The Labute approximate surface area is 189 Å². The van der Waals surface area contributed by atoms with Gasteiger partial charge in [0.25, 0.3) is 0 Å². The number of nitrogens with zero attached hydrogens (tertiary/aromatic N) is 4. The molecular formula is C22H22Cl2FN5O. The van der Waals surface area contributed by atoms with Gasteiger partial charge in [-0.2, -0.15) is 9.37 Å². The summed E-state index contributed by atoms with van der Waals surface area (Å²) in [6.07, 6.45) is 5.01. The first-order valence-electron chi connectivity index (χ1n) is 10.5. The Morgan fingerprint density at radius 2 is 1.94 bits per heavy atom. The van der Waals surface area contributed by atoms with E-state index in [0.29, 0.717) is 46.5 Å². The molecule has 2 amide bonds. The van der Waals surface area contributed by atoms with Crippen LogP contribution in [0.2, 0.25) is 10.0 Å². The Morgan fingerprint density at radius 1 is 1.13 bits per heavy atom. The molecule has 162 valence electrons. The number of hydrogen-bond acceptors (Lipinski definition) is 3. The van der Waals surface area contributed by atoms with Crippen LogP contribution < -0.4 is 0 Å². The Hall–Kier alpha value is -2.38. The summed E-state index contributed by atoms with van der Waals surface area (Å²) >= 11 is 12.5. The quantitative estimate of drug-likeness (QED) is 0.531. The maximum Gasteiger partial charge on any atom is 0.321 e. The Morgan fingerprint density at radius 3 is 2.71 bits per heavy atom. The minimum absolute atomic E-state index is 0.0154. The highest BCUT2D eigenvalue weighted by molar-refractivity contribution is 6.35. The van der Waals surface area contributed by atoms with Crippen LogP contribution in [0.15, 0.2) is 30.3 Å². The molecule has 1 aliphatic carbocycles. The first-order chi connectivity index (χ1) is 15.0. The summed E-state index contributed by atoms with van der Waals surface area (Å²) in [5.41, 5.74) is 1.95. The average Bonchev–Trinajstić information content (AvgIpc) is 3.44. The molecule has 2 aromatic heterocycles. The van der Waals surface area contributed by atoms with Gasteiger partial charge in [0.15, 0.2) is 5.65 Å². The van der Waals surface area contributed by atoms with Crippen molar-refractivity contribution in [2.24, 2.45) is 0 Å². The van der Waals surface area contributed by atoms with Gasteiger partial charge in [-0.3, -0.25) is 0 Å². The van der Waals surface area contributed by atoms with Gasteiger partial charge < -0.3 is 14.8 Å². The van der Waals surface area contributed by atoms with Gasteiger partial charge in [-0.05, 0) is 49.1 Å². The van der Waals surface area contributed by atoms with E-state index in [1.807, 2.05) is 17.0 Å². The third-order valence-electron chi connectivity index (χ3n) is 6.21. The van der Waals surface area contributed by atoms with Crippen LogP contribution in [0.1, 0.15) is 37.1 Å². The first-order valence-corrected chi connectivity index (χ1v) is 11.3. The van der Waals surface area contributed by atoms with Crippen molar-refractivity contribution >= 4 is 40.4 Å². The van der Waals surface area contributed by atoms with Crippen LogP contribution >= 0.6 is 23.2 Å². The molecule has 1 N–H and O–H groups in total. The van der Waals surface area contributed by atoms with Crippen LogP contribution in [-0.4, -0.2) is 49.4 Å². The zero-order valence-electron chi connectivity index (χ0n) is 16.8. The molecule has 0 bridgehead atoms. The smallest absolute Gasteiger partial charge is 0.321 e. The Kier molecular flexibility index (Phi) is 5.48. The van der Waals surface area contributed by atoms with Crippen LogP contribution in [0.3, 0.4) is 0 Å². The summed E-state index contributed by atoms with van der Waals surface area (Å²) in [6.45, 7) is 0.901. The third kappa shape index (κ3) is 4.08. The lowest BCUT2D eigenvalue weighted by atomic mass is 10.0. The number of imidazole rings is 1. The molecule has 1 aromatic carbocycles. The van der Waals surface area contributed by atoms with Gasteiger partial charge >= 0.3 is 6.03 Å². The van der Waals surface area contributed by atoms with Gasteiger partial charge in [-0.1, -0.05) is 42.1 Å². The van der Waals surface area contributed by atoms with Crippen LogP contribution in [0.25, 0.3) is 11.2 Å². The monoisotopic (exact) mass is 461 g/mol. The van der Waals surface area contributed by atoms with Gasteiger partial charge in [0.05, 0.1) is 18.1 Å². The highest BCUT2D eigenvalue weighted by atomic mass is 35.5. The number of aromatic amines is 1. The lowest BCUT2D eigenvalue weighted by molar-refractivity contribution is 0.163. The fraction of sp³-hybridized carbons (Fsp3) is 0.409. The number of rotatable bonds is 5. The molecule has 0 spiro atoms. The standard InChI is InChI=1S/C22H22Cl2FN5O/c23-14-6-5-13(17(24)10-14)9-16-11-29(22(31)30(16)15-3-1-2-4-15)12-20-26-18-7-8-19(25)27-21(18)28-20/h5-8,10,15-16H,1-4,9,11-12H2,(H,26,27,28). The number of benzene rings is 1. The summed E-state index contributed by atoms with van der Waals surface area (Å²) in [5, 5.41) is 1.22. The molecule has 1 saturated carbocycles. The van der Waals surface area contributed by atoms with Crippen molar-refractivity contribution in [2.75, 3.05) is 6.54 Å². The largest absolute Gasteiger partial charge is 0.339 e. The molecule has 6 nitrogen and oxygen atoms in total. The zero-order valence-corrected chi connectivity index (χ0v) is 18.3. The fourth-order valence-electron chi connectivity index (χ4n) is 4.79. The number of carbonyl (C=O) groups is 1. The molecule has 1 unspecified atom stereocenters. The molecule has 3 heterocycles. The number of H-pyrrole nitrogens is 1. The number of fused-ring (bicyclic) bond motifs is 1. The van der Waals surface area contributed by atoms with Crippen molar-refractivity contribution in [3.8, 4) is 0 Å². The summed E-state index contributed by atoms with van der Waals surface area (Å²) in [7, 11) is 0. The van der Waals surface area contributed by atoms with Crippen molar-refractivity contribution in [3.63, 3.8) is 0 Å². The molecule has 0 radical (unpaired) electrons. The molecule has 1 aliphatic heterocycles. The Balaban J connectivity index is 1.39. The highest BCUT2D eigenvalue weighted by Crippen LogP contribution is 2.33. The number of urea groups is 1. The van der Waals surface area contributed by atoms with E-state index in [1.54, 1.807) is 17.0 Å². The zero-order chi connectivity index (χ0) is 21.5. The summed E-state index contributed by atoms with van der Waals surface area (Å²) in [4.78, 5) is 28.6. The molecule has 5 rings (SSSR count). The van der Waals surface area contributed by atoms with E-state index in [2.05, 4.69) is 15.0 Å². The van der Waals surface area contributed by atoms with E-state index in [1.165, 1.54) is 6.07 Å². The van der Waals surface area contributed by atoms with Crippen LogP contribution in [0.4, 0.5) is 9.18 Å². The highest BCUT2D eigenvalue weighted by Gasteiger charge is 2.42. The number of hydrogen-bond donors (Lipinski definition) is 1. The number of amides is 2. The van der Waals surface area contributed by atoms with E-state index in [-0.39, 0.29) is 18.1 Å². The van der Waals surface area contributed by atoms with E-state index >= 15 is 0 Å². The van der Waals surface area contributed by atoms with E-state index in [4.69, 9.17) is 23.2 Å². The molecule has 3 aromatic rings. The fourth-order valence-corrected chi connectivity index (χ4v) is 5.27. The second-order valence-electron chi connectivity index (χ2n) is 8.29. The van der Waals surface area contributed by atoms with Crippen LogP contribution in [0, 0.1) is 5.95 Å². The second-order valence-corrected chi connectivity index (χ2v) is 9.13. The van der Waals surface area contributed by atoms with Crippen LogP contribution in [-0.2, 0) is 13.0 Å². The predicted octanol–water partition coefficient (Wildman–Crippen LogP) is 5.20. The van der Waals surface area contributed by atoms with E-state index in [9.17, 15) is 9.18 Å². The molecule has 2 aliphatic rings. The normalized spacial score (nSPS) is 19.8. The first kappa shape index (κ1) is 20.5. The minimum atomic E-state index is -0.574. The molecule has 1 atom stereocenters. The van der Waals surface area contributed by atoms with Gasteiger partial charge in [-0.15, -0.1) is 0 Å². The molecule has 9 heteroatoms. The summed E-state index contributed by atoms with van der Waals surface area (Å²) < 4.78 is 13.4. The lowest BCUT2D eigenvalue weighted by Crippen LogP contribution is -2.42. The molecular weight excluding hydrogens is 440 g/mol.